The van der Waals surface area contributed by atoms with Crippen molar-refractivity contribution in [3.05, 3.63) is 12.4 Å². The van der Waals surface area contributed by atoms with E-state index < -0.39 is 10.0 Å². The van der Waals surface area contributed by atoms with E-state index in [1.807, 2.05) is 6.92 Å². The Labute approximate surface area is 200 Å². The lowest BCUT2D eigenvalue weighted by Crippen LogP contribution is -2.59. The Morgan fingerprint density at radius 1 is 1.09 bits per heavy atom. The van der Waals surface area contributed by atoms with E-state index in [9.17, 15) is 13.2 Å². The second-order valence-electron chi connectivity index (χ2n) is 9.98. The molecule has 3 saturated heterocycles. The minimum atomic E-state index is -3.21. The SMILES string of the molecule is CC1(OC(=O)N2CCC(COc3cnc(N4CCN(S(=O)(=O)C5CNC5)CC4)cn3)CC2)CC1. The van der Waals surface area contributed by atoms with E-state index in [4.69, 9.17) is 9.47 Å². The van der Waals surface area contributed by atoms with Crippen LogP contribution in [0.4, 0.5) is 10.6 Å². The number of hydrogen-bond donors (Lipinski definition) is 1. The van der Waals surface area contributed by atoms with Crippen LogP contribution in [0.15, 0.2) is 12.4 Å². The molecule has 0 unspecified atom stereocenters. The highest BCUT2D eigenvalue weighted by Gasteiger charge is 2.43. The van der Waals surface area contributed by atoms with Gasteiger partial charge < -0.3 is 24.6 Å². The van der Waals surface area contributed by atoms with E-state index in [1.54, 1.807) is 21.6 Å². The van der Waals surface area contributed by atoms with Gasteiger partial charge in [0.15, 0.2) is 0 Å². The van der Waals surface area contributed by atoms with Crippen molar-refractivity contribution < 1.29 is 22.7 Å². The predicted molar refractivity (Wildman–Crippen MR) is 125 cm³/mol. The lowest BCUT2D eigenvalue weighted by atomic mass is 9.98. The van der Waals surface area contributed by atoms with Crippen molar-refractivity contribution >= 4 is 21.9 Å². The summed E-state index contributed by atoms with van der Waals surface area (Å²) in [5.74, 6) is 1.57. The van der Waals surface area contributed by atoms with E-state index in [2.05, 4.69) is 20.2 Å². The number of hydrogen-bond acceptors (Lipinski definition) is 9. The monoisotopic (exact) mass is 494 g/mol. The zero-order chi connectivity index (χ0) is 23.8. The van der Waals surface area contributed by atoms with Gasteiger partial charge >= 0.3 is 6.09 Å². The molecule has 1 aromatic heterocycles. The largest absolute Gasteiger partial charge is 0.476 e. The minimum Gasteiger partial charge on any atom is -0.476 e. The van der Waals surface area contributed by atoms with Crippen LogP contribution in [0.5, 0.6) is 5.88 Å². The Morgan fingerprint density at radius 3 is 2.35 bits per heavy atom. The Hall–Kier alpha value is -2.18. The second-order valence-corrected chi connectivity index (χ2v) is 12.2. The molecule has 11 nitrogen and oxygen atoms in total. The molecule has 1 N–H and O–H groups in total. The molecule has 1 amide bonds. The summed E-state index contributed by atoms with van der Waals surface area (Å²) in [5.41, 5.74) is -0.235. The molecule has 4 aliphatic rings. The number of carbonyl (C=O) groups is 1. The number of ether oxygens (including phenoxy) is 2. The van der Waals surface area contributed by atoms with Crippen molar-refractivity contribution in [1.29, 1.82) is 0 Å². The number of anilines is 1. The zero-order valence-electron chi connectivity index (χ0n) is 19.7. The van der Waals surface area contributed by atoms with Crippen molar-refractivity contribution in [1.82, 2.24) is 24.5 Å². The summed E-state index contributed by atoms with van der Waals surface area (Å²) >= 11 is 0. The number of piperazine rings is 1. The highest BCUT2D eigenvalue weighted by molar-refractivity contribution is 7.89. The average Bonchev–Trinajstić information content (AvgIpc) is 3.53. The van der Waals surface area contributed by atoms with Gasteiger partial charge in [-0.3, -0.25) is 0 Å². The Balaban J connectivity index is 1.04. The molecule has 12 heteroatoms. The van der Waals surface area contributed by atoms with Crippen LogP contribution >= 0.6 is 0 Å². The van der Waals surface area contributed by atoms with Crippen LogP contribution in [-0.2, 0) is 14.8 Å². The molecule has 0 bridgehead atoms. The maximum atomic E-state index is 12.6. The zero-order valence-corrected chi connectivity index (χ0v) is 20.5. The molecule has 0 spiro atoms. The smallest absolute Gasteiger partial charge is 0.410 e. The van der Waals surface area contributed by atoms with Gasteiger partial charge in [0.2, 0.25) is 15.9 Å². The first-order valence-electron chi connectivity index (χ1n) is 12.2. The molecule has 1 saturated carbocycles. The van der Waals surface area contributed by atoms with Crippen molar-refractivity contribution in [3.8, 4) is 5.88 Å². The second kappa shape index (κ2) is 9.46. The predicted octanol–water partition coefficient (Wildman–Crippen LogP) is 0.680. The summed E-state index contributed by atoms with van der Waals surface area (Å²) in [7, 11) is -3.21. The van der Waals surface area contributed by atoms with E-state index in [0.717, 1.165) is 31.5 Å². The Bertz CT molecular complexity index is 966. The highest BCUT2D eigenvalue weighted by Crippen LogP contribution is 2.39. The Morgan fingerprint density at radius 2 is 1.79 bits per heavy atom. The molecule has 4 fully saturated rings. The number of amides is 1. The average molecular weight is 495 g/mol. The first-order chi connectivity index (χ1) is 16.3. The molecule has 5 rings (SSSR count). The summed E-state index contributed by atoms with van der Waals surface area (Å²) in [5, 5.41) is 2.74. The fraction of sp³-hybridized carbons (Fsp3) is 0.773. The number of nitrogens with zero attached hydrogens (tertiary/aromatic N) is 5. The first-order valence-corrected chi connectivity index (χ1v) is 13.7. The fourth-order valence-electron chi connectivity index (χ4n) is 4.44. The van der Waals surface area contributed by atoms with Gasteiger partial charge in [0.25, 0.3) is 0 Å². The van der Waals surface area contributed by atoms with Crippen LogP contribution in [0.3, 0.4) is 0 Å². The van der Waals surface area contributed by atoms with E-state index >= 15 is 0 Å². The molecular weight excluding hydrogens is 460 g/mol. The molecule has 0 atom stereocenters. The molecule has 0 radical (unpaired) electrons. The third-order valence-corrected chi connectivity index (χ3v) is 9.59. The van der Waals surface area contributed by atoms with Gasteiger partial charge in [-0.15, -0.1) is 0 Å². The van der Waals surface area contributed by atoms with E-state index in [-0.39, 0.29) is 16.9 Å². The van der Waals surface area contributed by atoms with Crippen LogP contribution in [0.2, 0.25) is 0 Å². The van der Waals surface area contributed by atoms with Crippen molar-refractivity contribution in [2.75, 3.05) is 63.9 Å². The highest BCUT2D eigenvalue weighted by atomic mass is 32.2. The number of aromatic nitrogens is 2. The molecule has 188 valence electrons. The third kappa shape index (κ3) is 5.23. The van der Waals surface area contributed by atoms with Crippen molar-refractivity contribution in [2.24, 2.45) is 5.92 Å². The van der Waals surface area contributed by atoms with Crippen LogP contribution < -0.4 is 15.0 Å². The molecular formula is C22H34N6O5S. The number of nitrogens with one attached hydrogen (secondary N) is 1. The first kappa shape index (κ1) is 23.6. The maximum absolute atomic E-state index is 12.6. The molecule has 1 aromatic rings. The van der Waals surface area contributed by atoms with Crippen molar-refractivity contribution in [3.63, 3.8) is 0 Å². The number of likely N-dealkylation sites (tertiary alicyclic amines) is 1. The molecule has 4 heterocycles. The summed E-state index contributed by atoms with van der Waals surface area (Å²) in [4.78, 5) is 25.0. The minimum absolute atomic E-state index is 0.195. The molecule has 34 heavy (non-hydrogen) atoms. The molecule has 3 aliphatic heterocycles. The van der Waals surface area contributed by atoms with E-state index in [0.29, 0.717) is 70.8 Å². The van der Waals surface area contributed by atoms with Crippen LogP contribution in [0.1, 0.15) is 32.6 Å². The molecule has 0 aromatic carbocycles. The van der Waals surface area contributed by atoms with Crippen LogP contribution in [0.25, 0.3) is 0 Å². The van der Waals surface area contributed by atoms with Gasteiger partial charge in [0.05, 0.1) is 19.0 Å². The lowest BCUT2D eigenvalue weighted by Gasteiger charge is -2.38. The van der Waals surface area contributed by atoms with Gasteiger partial charge in [-0.1, -0.05) is 0 Å². The fourth-order valence-corrected chi connectivity index (χ4v) is 6.19. The normalized spacial score (nSPS) is 23.9. The van der Waals surface area contributed by atoms with Crippen LogP contribution in [-0.4, -0.2) is 104 Å². The standard InChI is InChI=1S/C22H34N6O5S/c1-22(4-5-22)33-21(29)27-6-2-17(3-7-27)16-32-20-15-24-19(14-25-20)26-8-10-28(11-9-26)34(30,31)18-12-23-13-18/h14-15,17-18,23H,2-13,16H2,1H3. The number of rotatable bonds is 7. The summed E-state index contributed by atoms with van der Waals surface area (Å²) < 4.78 is 38.1. The number of sulfonamides is 1. The van der Waals surface area contributed by atoms with Gasteiger partial charge in [-0.2, -0.15) is 4.31 Å². The summed E-state index contributed by atoms with van der Waals surface area (Å²) in [6, 6.07) is 0. The lowest BCUT2D eigenvalue weighted by molar-refractivity contribution is 0.0454. The van der Waals surface area contributed by atoms with Crippen LogP contribution in [0, 0.1) is 5.92 Å². The van der Waals surface area contributed by atoms with Crippen molar-refractivity contribution in [2.45, 2.75) is 43.5 Å². The summed E-state index contributed by atoms with van der Waals surface area (Å²) in [6.07, 6.45) is 6.79. The third-order valence-electron chi connectivity index (χ3n) is 7.33. The number of carbonyl (C=O) groups excluding carboxylic acids is 1. The van der Waals surface area contributed by atoms with Gasteiger partial charge in [0.1, 0.15) is 16.7 Å². The topological polar surface area (TPSA) is 117 Å². The van der Waals surface area contributed by atoms with Gasteiger partial charge in [-0.05, 0) is 38.5 Å². The molecule has 1 aliphatic carbocycles. The number of piperidine rings is 1. The van der Waals surface area contributed by atoms with Gasteiger partial charge in [-0.25, -0.2) is 23.2 Å². The Kier molecular flexibility index (Phi) is 6.56. The quantitative estimate of drug-likeness (QED) is 0.584. The van der Waals surface area contributed by atoms with Gasteiger partial charge in [0, 0.05) is 52.4 Å². The maximum Gasteiger partial charge on any atom is 0.410 e. The van der Waals surface area contributed by atoms with E-state index in [1.165, 1.54) is 0 Å². The summed E-state index contributed by atoms with van der Waals surface area (Å²) in [6.45, 7) is 7.09.